The molecule has 0 radical (unpaired) electrons. The highest BCUT2D eigenvalue weighted by atomic mass is 16.1. The Morgan fingerprint density at radius 2 is 0.857 bits per heavy atom. The number of carbonyl (C=O) groups excluding carboxylic acids is 2. The molecule has 28 heavy (non-hydrogen) atoms. The molecule has 148 valence electrons. The van der Waals surface area contributed by atoms with Crippen LogP contribution in [0.15, 0.2) is 0 Å². The summed E-state index contributed by atoms with van der Waals surface area (Å²) in [7, 11) is 0. The van der Waals surface area contributed by atoms with Gasteiger partial charge in [-0.1, -0.05) is 0 Å². The van der Waals surface area contributed by atoms with Gasteiger partial charge in [-0.15, -0.1) is 0 Å². The summed E-state index contributed by atoms with van der Waals surface area (Å²) in [6.45, 7) is 3.87. The molecule has 2 heteroatoms. The van der Waals surface area contributed by atoms with Crippen molar-refractivity contribution in [3.05, 3.63) is 0 Å². The van der Waals surface area contributed by atoms with Crippen LogP contribution in [0.2, 0.25) is 0 Å². The van der Waals surface area contributed by atoms with Crippen molar-refractivity contribution >= 4 is 11.6 Å². The summed E-state index contributed by atoms with van der Waals surface area (Å²) in [5, 5.41) is 0. The largest absolute Gasteiger partial charge is 0.299 e. The Balaban J connectivity index is 1.32. The molecule has 0 saturated heterocycles. The molecule has 2 nitrogen and oxygen atoms in total. The molecular formula is C26H32O2. The fraction of sp³-hybridized carbons (Fsp3) is 0.923. The van der Waals surface area contributed by atoms with Crippen molar-refractivity contribution in [2.45, 2.75) is 65.2 Å². The predicted octanol–water partition coefficient (Wildman–Crippen LogP) is 4.52. The van der Waals surface area contributed by atoms with Crippen molar-refractivity contribution in [3.8, 4) is 0 Å². The standard InChI is InChI=1S/C26H32O2/c1-11(27)23-3-15-13-8-26-10-24(12(2)28)5-17-14-7-25(9-23,19(15)21(17)26)20(16(13)4-23)22(26)18(14)6-24/h13-22H,3-10H2,1-2H3/t13?,14?,15-,16+,17-,18+,19-,20+,21-,22+,23?,24?,25?,26?. The van der Waals surface area contributed by atoms with Crippen LogP contribution in [0, 0.1) is 80.8 Å². The van der Waals surface area contributed by atoms with Gasteiger partial charge in [0.1, 0.15) is 11.6 Å². The molecule has 13 fully saturated rings. The second-order valence-corrected chi connectivity index (χ2v) is 13.8. The summed E-state index contributed by atoms with van der Waals surface area (Å²) in [4.78, 5) is 25.9. The van der Waals surface area contributed by atoms with Gasteiger partial charge in [0.25, 0.3) is 0 Å². The van der Waals surface area contributed by atoms with Gasteiger partial charge in [-0.05, 0) is 135 Å². The number of hydrogen-bond acceptors (Lipinski definition) is 2. The van der Waals surface area contributed by atoms with Crippen LogP contribution in [0.25, 0.3) is 0 Å². The minimum atomic E-state index is 0.0763. The summed E-state index contributed by atoms with van der Waals surface area (Å²) < 4.78 is 0. The second kappa shape index (κ2) is 3.73. The summed E-state index contributed by atoms with van der Waals surface area (Å²) in [5.74, 6) is 10.2. The van der Waals surface area contributed by atoms with E-state index in [1.54, 1.807) is 0 Å². The van der Waals surface area contributed by atoms with Crippen molar-refractivity contribution in [1.82, 2.24) is 0 Å². The zero-order chi connectivity index (χ0) is 18.6. The minimum Gasteiger partial charge on any atom is -0.299 e. The van der Waals surface area contributed by atoms with Crippen LogP contribution in [-0.4, -0.2) is 11.6 Å². The Morgan fingerprint density at radius 1 is 0.536 bits per heavy atom. The second-order valence-electron chi connectivity index (χ2n) is 13.8. The molecule has 0 aromatic rings. The average Bonchev–Trinajstić information content (AvgIpc) is 2.65. The summed E-state index contributed by atoms with van der Waals surface area (Å²) in [5.41, 5.74) is 1.26. The first-order chi connectivity index (χ1) is 13.4. The number of ketones is 2. The maximum absolute atomic E-state index is 12.9. The van der Waals surface area contributed by atoms with Gasteiger partial charge < -0.3 is 0 Å². The maximum atomic E-state index is 12.9. The Labute approximate surface area is 167 Å². The van der Waals surface area contributed by atoms with Gasteiger partial charge in [-0.25, -0.2) is 0 Å². The van der Waals surface area contributed by atoms with Crippen LogP contribution in [0.1, 0.15) is 65.2 Å². The van der Waals surface area contributed by atoms with E-state index in [1.165, 1.54) is 51.4 Å². The molecule has 14 atom stereocenters. The van der Waals surface area contributed by atoms with Gasteiger partial charge in [-0.3, -0.25) is 9.59 Å². The van der Waals surface area contributed by atoms with Gasteiger partial charge >= 0.3 is 0 Å². The maximum Gasteiger partial charge on any atom is 0.136 e. The van der Waals surface area contributed by atoms with E-state index in [9.17, 15) is 9.59 Å². The first-order valence-electron chi connectivity index (χ1n) is 12.4. The molecule has 0 aliphatic heterocycles. The van der Waals surface area contributed by atoms with Crippen LogP contribution < -0.4 is 0 Å². The molecular weight excluding hydrogens is 344 g/mol. The van der Waals surface area contributed by atoms with E-state index in [0.29, 0.717) is 22.4 Å². The highest BCUT2D eigenvalue weighted by Gasteiger charge is 2.89. The Morgan fingerprint density at radius 3 is 1.14 bits per heavy atom. The first-order valence-corrected chi connectivity index (χ1v) is 12.4. The van der Waals surface area contributed by atoms with Crippen LogP contribution in [0.3, 0.4) is 0 Å². The lowest BCUT2D eigenvalue weighted by Gasteiger charge is -2.92. The van der Waals surface area contributed by atoms with E-state index >= 15 is 0 Å². The summed E-state index contributed by atoms with van der Waals surface area (Å²) in [6.07, 6.45) is 10.5. The van der Waals surface area contributed by atoms with E-state index in [-0.39, 0.29) is 10.8 Å². The van der Waals surface area contributed by atoms with Crippen LogP contribution in [-0.2, 0) is 9.59 Å². The van der Waals surface area contributed by atoms with Crippen molar-refractivity contribution in [1.29, 1.82) is 0 Å². The number of rotatable bonds is 2. The SMILES string of the molecule is CC(=O)C12C[C@@H]3C4CC56CC7(C(C)=O)C[C@@H]8C9CC(C1)([C@H]([C@@H]5[C@H]9C7)[C@H]4C2)[C@H]3[C@@H]86. The summed E-state index contributed by atoms with van der Waals surface area (Å²) in [6, 6.07) is 0. The normalized spacial score (nSPS) is 74.5. The highest BCUT2D eigenvalue weighted by Crippen LogP contribution is 2.94. The van der Waals surface area contributed by atoms with E-state index in [2.05, 4.69) is 0 Å². The molecule has 0 aromatic heterocycles. The van der Waals surface area contributed by atoms with Crippen LogP contribution in [0.5, 0.6) is 0 Å². The topological polar surface area (TPSA) is 34.1 Å². The van der Waals surface area contributed by atoms with Crippen molar-refractivity contribution in [3.63, 3.8) is 0 Å². The van der Waals surface area contributed by atoms with Gasteiger partial charge in [0.2, 0.25) is 0 Å². The lowest BCUT2D eigenvalue weighted by molar-refractivity contribution is -0.442. The molecule has 0 aromatic carbocycles. The number of Topliss-reactive ketones (excluding diaryl/α,β-unsaturated/α-hetero) is 2. The van der Waals surface area contributed by atoms with Crippen molar-refractivity contribution in [2.24, 2.45) is 80.8 Å². The average molecular weight is 377 g/mol. The number of hydrogen-bond donors (Lipinski definition) is 0. The van der Waals surface area contributed by atoms with Gasteiger partial charge in [0.05, 0.1) is 0 Å². The molecule has 13 aliphatic rings. The molecule has 6 unspecified atom stereocenters. The van der Waals surface area contributed by atoms with E-state index in [4.69, 9.17) is 0 Å². The van der Waals surface area contributed by atoms with E-state index in [0.717, 1.165) is 59.2 Å². The molecule has 13 rings (SSSR count). The lowest BCUT2D eigenvalue weighted by Crippen LogP contribution is -2.87. The highest BCUT2D eigenvalue weighted by molar-refractivity contribution is 5.84. The van der Waals surface area contributed by atoms with Gasteiger partial charge in [0, 0.05) is 10.8 Å². The van der Waals surface area contributed by atoms with Gasteiger partial charge in [0.15, 0.2) is 0 Å². The van der Waals surface area contributed by atoms with Crippen LogP contribution in [0.4, 0.5) is 0 Å². The van der Waals surface area contributed by atoms with Crippen molar-refractivity contribution in [2.75, 3.05) is 0 Å². The molecule has 13 aliphatic carbocycles. The zero-order valence-corrected chi connectivity index (χ0v) is 17.2. The smallest absolute Gasteiger partial charge is 0.136 e. The Bertz CT molecular complexity index is 799. The molecule has 0 N–H and O–H groups in total. The van der Waals surface area contributed by atoms with E-state index in [1.807, 2.05) is 13.8 Å². The third kappa shape index (κ3) is 1.09. The minimum absolute atomic E-state index is 0.0763. The van der Waals surface area contributed by atoms with Gasteiger partial charge in [-0.2, -0.15) is 0 Å². The summed E-state index contributed by atoms with van der Waals surface area (Å²) >= 11 is 0. The third-order valence-corrected chi connectivity index (χ3v) is 14.0. The fourth-order valence-electron chi connectivity index (χ4n) is 14.4. The Kier molecular flexibility index (Phi) is 2.02. The monoisotopic (exact) mass is 376 g/mol. The van der Waals surface area contributed by atoms with Crippen LogP contribution >= 0.6 is 0 Å². The first kappa shape index (κ1) is 15.2. The quantitative estimate of drug-likeness (QED) is 0.710. The van der Waals surface area contributed by atoms with E-state index < -0.39 is 0 Å². The third-order valence-electron chi connectivity index (χ3n) is 14.0. The molecule has 13 saturated carbocycles. The molecule has 0 heterocycles. The predicted molar refractivity (Wildman–Crippen MR) is 103 cm³/mol. The molecule has 14 bridgehead atoms. The fourth-order valence-corrected chi connectivity index (χ4v) is 14.4. The molecule has 0 amide bonds. The number of carbonyl (C=O) groups is 2. The molecule has 2 spiro atoms. The zero-order valence-electron chi connectivity index (χ0n) is 17.2. The lowest BCUT2D eigenvalue weighted by atomic mass is 9.12. The van der Waals surface area contributed by atoms with Crippen molar-refractivity contribution < 1.29 is 9.59 Å². The Hall–Kier alpha value is -0.660.